The summed E-state index contributed by atoms with van der Waals surface area (Å²) in [6, 6.07) is 15.8. The molecular weight excluding hydrogens is 306 g/mol. The number of ether oxygens (including phenoxy) is 1. The minimum atomic E-state index is -0.429. The molecule has 1 atom stereocenters. The van der Waals surface area contributed by atoms with Crippen molar-refractivity contribution in [2.24, 2.45) is 0 Å². The molecule has 2 rings (SSSR count). The molecule has 0 bridgehead atoms. The highest BCUT2D eigenvalue weighted by Crippen LogP contribution is 2.24. The average molecular weight is 327 g/mol. The Balaban J connectivity index is 1.81. The molecule has 0 aliphatic carbocycles. The van der Waals surface area contributed by atoms with Crippen molar-refractivity contribution in [2.45, 2.75) is 13.0 Å². The summed E-state index contributed by atoms with van der Waals surface area (Å²) < 4.78 is 5.28. The Hall–Kier alpha value is -3.02. The molecule has 6 heteroatoms. The van der Waals surface area contributed by atoms with E-state index in [1.807, 2.05) is 49.4 Å². The van der Waals surface area contributed by atoms with Gasteiger partial charge in [-0.3, -0.25) is 4.79 Å². The number of hydrogen-bond donors (Lipinski definition) is 3. The maximum Gasteiger partial charge on any atom is 0.319 e. The fourth-order valence-corrected chi connectivity index (χ4v) is 2.25. The van der Waals surface area contributed by atoms with Crippen LogP contribution in [0.25, 0.3) is 0 Å². The smallest absolute Gasteiger partial charge is 0.319 e. The summed E-state index contributed by atoms with van der Waals surface area (Å²) >= 11 is 0. The highest BCUT2D eigenvalue weighted by Gasteiger charge is 2.14. The van der Waals surface area contributed by atoms with E-state index in [-0.39, 0.29) is 18.5 Å². The van der Waals surface area contributed by atoms with Crippen molar-refractivity contribution in [3.05, 3.63) is 60.2 Å². The standard InChI is InChI=1S/C18H21N3O3/c1-13(15-10-6-7-11-16(15)24-2)20-17(22)12-19-18(23)21-14-8-4-3-5-9-14/h3-11,13H,12H2,1-2H3,(H,20,22)(H2,19,21,23)/t13-/m0/s1. The van der Waals surface area contributed by atoms with Gasteiger partial charge in [-0.15, -0.1) is 0 Å². The third-order valence-corrected chi connectivity index (χ3v) is 3.42. The fourth-order valence-electron chi connectivity index (χ4n) is 2.25. The van der Waals surface area contributed by atoms with Gasteiger partial charge in [0.1, 0.15) is 5.75 Å². The van der Waals surface area contributed by atoms with E-state index in [2.05, 4.69) is 16.0 Å². The molecule has 2 aromatic carbocycles. The van der Waals surface area contributed by atoms with Gasteiger partial charge in [-0.05, 0) is 25.1 Å². The molecule has 3 amide bonds. The lowest BCUT2D eigenvalue weighted by atomic mass is 10.1. The number of urea groups is 1. The van der Waals surface area contributed by atoms with Crippen LogP contribution < -0.4 is 20.7 Å². The number of amides is 3. The van der Waals surface area contributed by atoms with Gasteiger partial charge >= 0.3 is 6.03 Å². The van der Waals surface area contributed by atoms with E-state index in [1.54, 1.807) is 19.2 Å². The van der Waals surface area contributed by atoms with Gasteiger partial charge in [0.2, 0.25) is 5.91 Å². The van der Waals surface area contributed by atoms with E-state index in [0.717, 1.165) is 5.56 Å². The minimum Gasteiger partial charge on any atom is -0.496 e. The maximum absolute atomic E-state index is 12.0. The first-order valence-corrected chi connectivity index (χ1v) is 7.62. The summed E-state index contributed by atoms with van der Waals surface area (Å²) in [4.78, 5) is 23.7. The largest absolute Gasteiger partial charge is 0.496 e. The Bertz CT molecular complexity index is 689. The number of anilines is 1. The first-order valence-electron chi connectivity index (χ1n) is 7.62. The van der Waals surface area contributed by atoms with Gasteiger partial charge in [0.05, 0.1) is 19.7 Å². The molecule has 3 N–H and O–H groups in total. The van der Waals surface area contributed by atoms with Gasteiger partial charge in [-0.25, -0.2) is 4.79 Å². The molecule has 0 aliphatic heterocycles. The van der Waals surface area contributed by atoms with Crippen LogP contribution in [0.2, 0.25) is 0 Å². The number of carbonyl (C=O) groups is 2. The zero-order chi connectivity index (χ0) is 17.4. The van der Waals surface area contributed by atoms with Crippen LogP contribution in [0.15, 0.2) is 54.6 Å². The third kappa shape index (κ3) is 5.01. The Morgan fingerprint density at radius 3 is 2.42 bits per heavy atom. The molecule has 0 unspecified atom stereocenters. The first-order chi connectivity index (χ1) is 11.6. The molecule has 2 aromatic rings. The molecule has 24 heavy (non-hydrogen) atoms. The lowest BCUT2D eigenvalue weighted by Crippen LogP contribution is -2.39. The number of hydrogen-bond acceptors (Lipinski definition) is 3. The average Bonchev–Trinajstić information content (AvgIpc) is 2.60. The summed E-state index contributed by atoms with van der Waals surface area (Å²) in [6.07, 6.45) is 0. The van der Waals surface area contributed by atoms with Crippen LogP contribution in [-0.4, -0.2) is 25.6 Å². The van der Waals surface area contributed by atoms with Gasteiger partial charge in [-0.1, -0.05) is 36.4 Å². The molecule has 0 aliphatic rings. The number of methoxy groups -OCH3 is 1. The van der Waals surface area contributed by atoms with Crippen LogP contribution in [0.3, 0.4) is 0 Å². The Labute approximate surface area is 141 Å². The van der Waals surface area contributed by atoms with E-state index < -0.39 is 6.03 Å². The Morgan fingerprint density at radius 1 is 1.04 bits per heavy atom. The molecule has 126 valence electrons. The topological polar surface area (TPSA) is 79.5 Å². The summed E-state index contributed by atoms with van der Waals surface area (Å²) in [5, 5.41) is 8.00. The quantitative estimate of drug-likeness (QED) is 0.763. The molecule has 6 nitrogen and oxygen atoms in total. The molecule has 0 aromatic heterocycles. The van der Waals surface area contributed by atoms with Gasteiger partial charge in [0, 0.05) is 11.3 Å². The van der Waals surface area contributed by atoms with Gasteiger partial charge in [-0.2, -0.15) is 0 Å². The molecule has 0 fully saturated rings. The number of para-hydroxylation sites is 2. The van der Waals surface area contributed by atoms with Crippen LogP contribution in [0.5, 0.6) is 5.75 Å². The number of carbonyl (C=O) groups excluding carboxylic acids is 2. The van der Waals surface area contributed by atoms with E-state index in [4.69, 9.17) is 4.74 Å². The van der Waals surface area contributed by atoms with Gasteiger partial charge < -0.3 is 20.7 Å². The number of benzene rings is 2. The molecule has 0 heterocycles. The van der Waals surface area contributed by atoms with E-state index in [1.165, 1.54) is 0 Å². The van der Waals surface area contributed by atoms with Crippen LogP contribution in [0.4, 0.5) is 10.5 Å². The second kappa shape index (κ2) is 8.57. The highest BCUT2D eigenvalue weighted by molar-refractivity contribution is 5.92. The fraction of sp³-hybridized carbons (Fsp3) is 0.222. The van der Waals surface area contributed by atoms with Gasteiger partial charge in [0.15, 0.2) is 0 Å². The molecule has 0 radical (unpaired) electrons. The lowest BCUT2D eigenvalue weighted by molar-refractivity contribution is -0.120. The predicted molar refractivity (Wildman–Crippen MR) is 93.0 cm³/mol. The zero-order valence-electron chi connectivity index (χ0n) is 13.7. The monoisotopic (exact) mass is 327 g/mol. The normalized spacial score (nSPS) is 11.2. The molecular formula is C18H21N3O3. The Kier molecular flexibility index (Phi) is 6.19. The van der Waals surface area contributed by atoms with Crippen molar-refractivity contribution in [3.8, 4) is 5.75 Å². The third-order valence-electron chi connectivity index (χ3n) is 3.42. The van der Waals surface area contributed by atoms with E-state index in [9.17, 15) is 9.59 Å². The molecule has 0 spiro atoms. The summed E-state index contributed by atoms with van der Waals surface area (Å²) in [5.41, 5.74) is 1.54. The van der Waals surface area contributed by atoms with Crippen molar-refractivity contribution in [3.63, 3.8) is 0 Å². The minimum absolute atomic E-state index is 0.113. The van der Waals surface area contributed by atoms with Crippen molar-refractivity contribution in [2.75, 3.05) is 19.0 Å². The lowest BCUT2D eigenvalue weighted by Gasteiger charge is -2.17. The maximum atomic E-state index is 12.0. The zero-order valence-corrected chi connectivity index (χ0v) is 13.7. The number of rotatable bonds is 6. The van der Waals surface area contributed by atoms with E-state index in [0.29, 0.717) is 11.4 Å². The van der Waals surface area contributed by atoms with Crippen molar-refractivity contribution in [1.82, 2.24) is 10.6 Å². The summed E-state index contributed by atoms with van der Waals surface area (Å²) in [5.74, 6) is 0.427. The second-order valence-electron chi connectivity index (χ2n) is 5.20. The SMILES string of the molecule is COc1ccccc1[C@H](C)NC(=O)CNC(=O)Nc1ccccc1. The van der Waals surface area contributed by atoms with Crippen LogP contribution >= 0.6 is 0 Å². The van der Waals surface area contributed by atoms with Crippen LogP contribution in [-0.2, 0) is 4.79 Å². The van der Waals surface area contributed by atoms with Crippen molar-refractivity contribution < 1.29 is 14.3 Å². The Morgan fingerprint density at radius 2 is 1.71 bits per heavy atom. The highest BCUT2D eigenvalue weighted by atomic mass is 16.5. The van der Waals surface area contributed by atoms with Gasteiger partial charge in [0.25, 0.3) is 0 Å². The van der Waals surface area contributed by atoms with Crippen molar-refractivity contribution in [1.29, 1.82) is 0 Å². The number of nitrogens with one attached hydrogen (secondary N) is 3. The molecule has 0 saturated carbocycles. The van der Waals surface area contributed by atoms with Crippen LogP contribution in [0.1, 0.15) is 18.5 Å². The van der Waals surface area contributed by atoms with E-state index >= 15 is 0 Å². The van der Waals surface area contributed by atoms with Crippen molar-refractivity contribution >= 4 is 17.6 Å². The predicted octanol–water partition coefficient (Wildman–Crippen LogP) is 2.69. The second-order valence-corrected chi connectivity index (χ2v) is 5.20. The molecule has 0 saturated heterocycles. The summed E-state index contributed by atoms with van der Waals surface area (Å²) in [7, 11) is 1.59. The van der Waals surface area contributed by atoms with Crippen LogP contribution in [0, 0.1) is 0 Å². The summed E-state index contributed by atoms with van der Waals surface area (Å²) in [6.45, 7) is 1.75. The first kappa shape index (κ1) is 17.3.